The zero-order valence-electron chi connectivity index (χ0n) is 14.0. The van der Waals surface area contributed by atoms with Crippen LogP contribution in [0.1, 0.15) is 34.0 Å². The molecule has 2 rings (SSSR count). The van der Waals surface area contributed by atoms with E-state index in [1.807, 2.05) is 25.1 Å². The molecule has 0 amide bonds. The molecule has 0 aliphatic carbocycles. The molecule has 0 atom stereocenters. The van der Waals surface area contributed by atoms with Crippen molar-refractivity contribution in [2.45, 2.75) is 26.5 Å². The molecule has 0 bridgehead atoms. The minimum absolute atomic E-state index is 0.0985. The average Bonchev–Trinajstić information content (AvgIpc) is 2.51. The maximum absolute atomic E-state index is 12.4. The van der Waals surface area contributed by atoms with E-state index in [1.54, 1.807) is 38.1 Å². The minimum atomic E-state index is -3.54. The topological polar surface area (TPSA) is 72.5 Å². The van der Waals surface area contributed by atoms with E-state index >= 15 is 0 Å². The van der Waals surface area contributed by atoms with Gasteiger partial charge >= 0.3 is 5.97 Å². The molecule has 0 heterocycles. The fraction of sp³-hybridized carbons (Fsp3) is 0.278. The Morgan fingerprint density at radius 2 is 1.79 bits per heavy atom. The smallest absolute Gasteiger partial charge is 0.338 e. The molecule has 0 aliphatic rings. The molecule has 0 saturated carbocycles. The van der Waals surface area contributed by atoms with Crippen LogP contribution in [0, 0.1) is 13.8 Å². The number of esters is 1. The summed E-state index contributed by atoms with van der Waals surface area (Å²) in [6.45, 7) is 5.65. The lowest BCUT2D eigenvalue weighted by atomic mass is 10.1. The van der Waals surface area contributed by atoms with Gasteiger partial charge in [0.1, 0.15) is 0 Å². The monoisotopic (exact) mass is 347 g/mol. The third kappa shape index (κ3) is 4.58. The number of ether oxygens (including phenoxy) is 1. The van der Waals surface area contributed by atoms with E-state index in [0.717, 1.165) is 11.1 Å². The van der Waals surface area contributed by atoms with Gasteiger partial charge in [-0.25, -0.2) is 13.2 Å². The molecule has 0 aromatic heterocycles. The van der Waals surface area contributed by atoms with Gasteiger partial charge in [0, 0.05) is 0 Å². The van der Waals surface area contributed by atoms with E-state index in [9.17, 15) is 13.2 Å². The lowest BCUT2D eigenvalue weighted by Crippen LogP contribution is -2.16. The van der Waals surface area contributed by atoms with Crippen LogP contribution in [0.2, 0.25) is 0 Å². The SMILES string of the molecule is CCOC(=O)c1ccc(NS(=O)(=O)Cc2ccccc2C)c(C)c1. The fourth-order valence-corrected chi connectivity index (χ4v) is 3.67. The number of hydrogen-bond acceptors (Lipinski definition) is 4. The van der Waals surface area contributed by atoms with Crippen LogP contribution in [0.25, 0.3) is 0 Å². The summed E-state index contributed by atoms with van der Waals surface area (Å²) < 4.78 is 32.3. The number of aryl methyl sites for hydroxylation is 2. The second-order valence-electron chi connectivity index (χ2n) is 5.54. The molecule has 6 heteroatoms. The summed E-state index contributed by atoms with van der Waals surface area (Å²) >= 11 is 0. The van der Waals surface area contributed by atoms with E-state index in [2.05, 4.69) is 4.72 Å². The first-order chi connectivity index (χ1) is 11.3. The molecule has 128 valence electrons. The van der Waals surface area contributed by atoms with E-state index in [0.29, 0.717) is 23.4 Å². The number of hydrogen-bond donors (Lipinski definition) is 1. The molecule has 5 nitrogen and oxygen atoms in total. The van der Waals surface area contributed by atoms with Crippen LogP contribution < -0.4 is 4.72 Å². The molecular weight excluding hydrogens is 326 g/mol. The van der Waals surface area contributed by atoms with Crippen molar-refractivity contribution in [3.05, 3.63) is 64.7 Å². The van der Waals surface area contributed by atoms with E-state index in [-0.39, 0.29) is 5.75 Å². The Labute approximate surface area is 142 Å². The van der Waals surface area contributed by atoms with Crippen molar-refractivity contribution in [1.82, 2.24) is 0 Å². The van der Waals surface area contributed by atoms with Crippen molar-refractivity contribution in [2.24, 2.45) is 0 Å². The predicted molar refractivity (Wildman–Crippen MR) is 94.6 cm³/mol. The van der Waals surface area contributed by atoms with Crippen LogP contribution in [0.15, 0.2) is 42.5 Å². The van der Waals surface area contributed by atoms with Gasteiger partial charge in [-0.1, -0.05) is 24.3 Å². The third-order valence-corrected chi connectivity index (χ3v) is 4.83. The van der Waals surface area contributed by atoms with Gasteiger partial charge in [0.2, 0.25) is 10.0 Å². The summed E-state index contributed by atoms with van der Waals surface area (Å²) in [5, 5.41) is 0. The Balaban J connectivity index is 2.18. The number of rotatable bonds is 6. The van der Waals surface area contributed by atoms with Crippen molar-refractivity contribution in [1.29, 1.82) is 0 Å². The molecule has 2 aromatic rings. The highest BCUT2D eigenvalue weighted by Gasteiger charge is 2.15. The molecule has 2 aromatic carbocycles. The highest BCUT2D eigenvalue weighted by atomic mass is 32.2. The number of sulfonamides is 1. The first-order valence-corrected chi connectivity index (χ1v) is 9.30. The van der Waals surface area contributed by atoms with Gasteiger partial charge in [-0.15, -0.1) is 0 Å². The van der Waals surface area contributed by atoms with Gasteiger partial charge in [0.25, 0.3) is 0 Å². The quantitative estimate of drug-likeness (QED) is 0.813. The number of benzene rings is 2. The van der Waals surface area contributed by atoms with Crippen LogP contribution in [0.5, 0.6) is 0 Å². The van der Waals surface area contributed by atoms with Gasteiger partial charge in [-0.05, 0) is 55.7 Å². The molecule has 1 N–H and O–H groups in total. The maximum Gasteiger partial charge on any atom is 0.338 e. The molecule has 24 heavy (non-hydrogen) atoms. The van der Waals surface area contributed by atoms with Gasteiger partial charge < -0.3 is 4.74 Å². The van der Waals surface area contributed by atoms with Gasteiger partial charge in [0.05, 0.1) is 23.6 Å². The molecule has 0 spiro atoms. The normalized spacial score (nSPS) is 11.1. The van der Waals surface area contributed by atoms with Gasteiger partial charge in [-0.2, -0.15) is 0 Å². The summed E-state index contributed by atoms with van der Waals surface area (Å²) in [6.07, 6.45) is 0. The largest absolute Gasteiger partial charge is 0.462 e. The van der Waals surface area contributed by atoms with Crippen molar-refractivity contribution in [2.75, 3.05) is 11.3 Å². The Kier molecular flexibility index (Phi) is 5.62. The van der Waals surface area contributed by atoms with Crippen molar-refractivity contribution in [3.63, 3.8) is 0 Å². The molecule has 0 radical (unpaired) electrons. The Hall–Kier alpha value is -2.34. The second-order valence-corrected chi connectivity index (χ2v) is 7.26. The van der Waals surface area contributed by atoms with Crippen LogP contribution in [0.3, 0.4) is 0 Å². The Morgan fingerprint density at radius 3 is 2.42 bits per heavy atom. The number of carbonyl (C=O) groups excluding carboxylic acids is 1. The maximum atomic E-state index is 12.4. The summed E-state index contributed by atoms with van der Waals surface area (Å²) in [4.78, 5) is 11.7. The third-order valence-electron chi connectivity index (χ3n) is 3.61. The van der Waals surface area contributed by atoms with Crippen LogP contribution >= 0.6 is 0 Å². The summed E-state index contributed by atoms with van der Waals surface area (Å²) in [6, 6.07) is 12.1. The minimum Gasteiger partial charge on any atom is -0.462 e. The highest BCUT2D eigenvalue weighted by Crippen LogP contribution is 2.20. The number of nitrogens with one attached hydrogen (secondary N) is 1. The summed E-state index contributed by atoms with van der Waals surface area (Å²) in [5.74, 6) is -0.520. The first-order valence-electron chi connectivity index (χ1n) is 7.65. The molecule has 0 aliphatic heterocycles. The average molecular weight is 347 g/mol. The van der Waals surface area contributed by atoms with Gasteiger partial charge in [0.15, 0.2) is 0 Å². The Morgan fingerprint density at radius 1 is 1.08 bits per heavy atom. The van der Waals surface area contributed by atoms with Crippen molar-refractivity contribution in [3.8, 4) is 0 Å². The zero-order chi connectivity index (χ0) is 17.7. The van der Waals surface area contributed by atoms with Crippen LogP contribution in [-0.2, 0) is 20.5 Å². The highest BCUT2D eigenvalue weighted by molar-refractivity contribution is 7.91. The Bertz CT molecular complexity index is 844. The zero-order valence-corrected chi connectivity index (χ0v) is 14.8. The van der Waals surface area contributed by atoms with Crippen molar-refractivity contribution >= 4 is 21.7 Å². The lowest BCUT2D eigenvalue weighted by Gasteiger charge is -2.12. The second kappa shape index (κ2) is 7.49. The standard InChI is InChI=1S/C18H21NO4S/c1-4-23-18(20)15-9-10-17(14(3)11-15)19-24(21,22)12-16-8-6-5-7-13(16)2/h5-11,19H,4,12H2,1-3H3. The fourth-order valence-electron chi connectivity index (χ4n) is 2.30. The molecule has 0 unspecified atom stereocenters. The van der Waals surface area contributed by atoms with Crippen molar-refractivity contribution < 1.29 is 17.9 Å². The first kappa shape index (κ1) is 18.0. The van der Waals surface area contributed by atoms with E-state index in [1.165, 1.54) is 0 Å². The van der Waals surface area contributed by atoms with Gasteiger partial charge in [-0.3, -0.25) is 4.72 Å². The number of anilines is 1. The van der Waals surface area contributed by atoms with Crippen LogP contribution in [-0.4, -0.2) is 21.0 Å². The van der Waals surface area contributed by atoms with E-state index in [4.69, 9.17) is 4.74 Å². The molecule has 0 saturated heterocycles. The lowest BCUT2D eigenvalue weighted by molar-refractivity contribution is 0.0526. The summed E-state index contributed by atoms with van der Waals surface area (Å²) in [7, 11) is -3.54. The predicted octanol–water partition coefficient (Wildman–Crippen LogP) is 3.42. The summed E-state index contributed by atoms with van der Waals surface area (Å²) in [5.41, 5.74) is 3.20. The number of carbonyl (C=O) groups is 1. The molecule has 0 fully saturated rings. The molecular formula is C18H21NO4S. The van der Waals surface area contributed by atoms with E-state index < -0.39 is 16.0 Å². The van der Waals surface area contributed by atoms with Crippen LogP contribution in [0.4, 0.5) is 5.69 Å².